The van der Waals surface area contributed by atoms with E-state index in [1.807, 2.05) is 6.07 Å². The minimum Gasteiger partial charge on any atom is -0.373 e. The summed E-state index contributed by atoms with van der Waals surface area (Å²) in [6.07, 6.45) is 5.07. The van der Waals surface area contributed by atoms with E-state index in [2.05, 4.69) is 61.6 Å². The molecule has 2 heterocycles. The minimum atomic E-state index is 0. The number of ether oxygens (including phenoxy) is 1. The van der Waals surface area contributed by atoms with Crippen LogP contribution in [0.2, 0.25) is 0 Å². The van der Waals surface area contributed by atoms with Crippen LogP contribution in [-0.2, 0) is 17.7 Å². The Kier molecular flexibility index (Phi) is 9.69. The second kappa shape index (κ2) is 12.0. The number of rotatable bonds is 7. The van der Waals surface area contributed by atoms with Crippen LogP contribution in [0.25, 0.3) is 0 Å². The molecule has 1 aliphatic heterocycles. The molecule has 1 aromatic heterocycles. The van der Waals surface area contributed by atoms with E-state index >= 15 is 0 Å². The number of nitrogens with zero attached hydrogens (tertiary/aromatic N) is 4. The van der Waals surface area contributed by atoms with Gasteiger partial charge in [-0.15, -0.1) is 34.2 Å². The zero-order chi connectivity index (χ0) is 18.9. The first-order valence-corrected chi connectivity index (χ1v) is 9.79. The van der Waals surface area contributed by atoms with Crippen LogP contribution in [-0.4, -0.2) is 47.5 Å². The Morgan fingerprint density at radius 1 is 1.29 bits per heavy atom. The number of aryl methyl sites for hydroxylation is 1. The molecule has 28 heavy (non-hydrogen) atoms. The number of aromatic nitrogens is 3. The van der Waals surface area contributed by atoms with Gasteiger partial charge in [-0.2, -0.15) is 0 Å². The largest absolute Gasteiger partial charge is 0.373 e. The summed E-state index contributed by atoms with van der Waals surface area (Å²) >= 11 is 0. The molecule has 0 radical (unpaired) electrons. The molecule has 0 aliphatic carbocycles. The summed E-state index contributed by atoms with van der Waals surface area (Å²) in [5, 5.41) is 14.9. The Morgan fingerprint density at radius 3 is 2.86 bits per heavy atom. The maximum atomic E-state index is 6.08. The zero-order valence-corrected chi connectivity index (χ0v) is 19.0. The van der Waals surface area contributed by atoms with E-state index in [1.165, 1.54) is 5.56 Å². The lowest BCUT2D eigenvalue weighted by Crippen LogP contribution is -2.42. The van der Waals surface area contributed by atoms with Crippen LogP contribution < -0.4 is 10.6 Å². The van der Waals surface area contributed by atoms with Crippen molar-refractivity contribution in [2.45, 2.75) is 38.8 Å². The molecule has 2 N–H and O–H groups in total. The fraction of sp³-hybridized carbons (Fsp3) is 0.550. The lowest BCUT2D eigenvalue weighted by atomic mass is 9.89. The third kappa shape index (κ3) is 6.16. The van der Waals surface area contributed by atoms with Gasteiger partial charge in [0.25, 0.3) is 0 Å². The van der Waals surface area contributed by atoms with Crippen molar-refractivity contribution in [3.05, 3.63) is 48.0 Å². The summed E-state index contributed by atoms with van der Waals surface area (Å²) in [6, 6.07) is 10.5. The molecule has 1 fully saturated rings. The van der Waals surface area contributed by atoms with Crippen LogP contribution in [0.1, 0.15) is 37.3 Å². The highest BCUT2D eigenvalue weighted by Crippen LogP contribution is 2.32. The Morgan fingerprint density at radius 2 is 2.11 bits per heavy atom. The third-order valence-corrected chi connectivity index (χ3v) is 4.99. The van der Waals surface area contributed by atoms with Gasteiger partial charge >= 0.3 is 0 Å². The van der Waals surface area contributed by atoms with Crippen molar-refractivity contribution in [3.63, 3.8) is 0 Å². The quantitative estimate of drug-likeness (QED) is 0.349. The number of halogens is 1. The predicted molar refractivity (Wildman–Crippen MR) is 122 cm³/mol. The van der Waals surface area contributed by atoms with E-state index in [0.29, 0.717) is 5.92 Å². The number of hydrogen-bond donors (Lipinski definition) is 2. The molecule has 3 rings (SSSR count). The molecule has 2 atom stereocenters. The van der Waals surface area contributed by atoms with E-state index < -0.39 is 0 Å². The van der Waals surface area contributed by atoms with Crippen LogP contribution in [0, 0.1) is 5.92 Å². The number of guanidine groups is 1. The number of benzene rings is 1. The van der Waals surface area contributed by atoms with Crippen molar-refractivity contribution in [1.29, 1.82) is 0 Å². The molecule has 0 saturated carbocycles. The summed E-state index contributed by atoms with van der Waals surface area (Å²) in [4.78, 5) is 4.34. The molecular weight excluding hydrogens is 467 g/mol. The molecule has 0 bridgehead atoms. The van der Waals surface area contributed by atoms with Gasteiger partial charge < -0.3 is 19.9 Å². The van der Waals surface area contributed by atoms with Gasteiger partial charge in [0.05, 0.1) is 6.10 Å². The van der Waals surface area contributed by atoms with Crippen molar-refractivity contribution in [2.75, 3.05) is 26.7 Å². The van der Waals surface area contributed by atoms with Crippen molar-refractivity contribution in [3.8, 4) is 0 Å². The highest BCUT2D eigenvalue weighted by Gasteiger charge is 2.27. The fourth-order valence-electron chi connectivity index (χ4n) is 3.55. The maximum Gasteiger partial charge on any atom is 0.191 e. The zero-order valence-electron chi connectivity index (χ0n) is 16.7. The van der Waals surface area contributed by atoms with Crippen molar-refractivity contribution in [1.82, 2.24) is 25.4 Å². The van der Waals surface area contributed by atoms with E-state index in [-0.39, 0.29) is 30.1 Å². The van der Waals surface area contributed by atoms with Gasteiger partial charge in [0.1, 0.15) is 12.2 Å². The average Bonchev–Trinajstić information content (AvgIpc) is 3.19. The Labute approximate surface area is 184 Å². The summed E-state index contributed by atoms with van der Waals surface area (Å²) in [7, 11) is 1.80. The molecule has 154 valence electrons. The predicted octanol–water partition coefficient (Wildman–Crippen LogP) is 2.79. The molecule has 8 heteroatoms. The fourth-order valence-corrected chi connectivity index (χ4v) is 3.55. The summed E-state index contributed by atoms with van der Waals surface area (Å²) in [6.45, 7) is 5.35. The standard InChI is InChI=1S/C20H30N6O.HI/c1-3-18-25-24-15-26(18)12-11-22-20(21-2)23-14-17-10-7-13-27-19(17)16-8-5-4-6-9-16;/h4-6,8-9,15,17,19H,3,7,10-14H2,1-2H3,(H2,21,22,23);1H. The van der Waals surface area contributed by atoms with Gasteiger partial charge in [0, 0.05) is 45.6 Å². The van der Waals surface area contributed by atoms with Crippen molar-refractivity contribution >= 4 is 29.9 Å². The van der Waals surface area contributed by atoms with Gasteiger partial charge in [-0.05, 0) is 18.4 Å². The third-order valence-electron chi connectivity index (χ3n) is 4.99. The lowest BCUT2D eigenvalue weighted by Gasteiger charge is -2.32. The van der Waals surface area contributed by atoms with Gasteiger partial charge in [-0.3, -0.25) is 4.99 Å². The average molecular weight is 498 g/mol. The van der Waals surface area contributed by atoms with Crippen LogP contribution in [0.5, 0.6) is 0 Å². The van der Waals surface area contributed by atoms with Gasteiger partial charge in [0.15, 0.2) is 5.96 Å². The lowest BCUT2D eigenvalue weighted by molar-refractivity contribution is -0.0265. The summed E-state index contributed by atoms with van der Waals surface area (Å²) < 4.78 is 8.15. The van der Waals surface area contributed by atoms with Crippen LogP contribution in [0.15, 0.2) is 41.7 Å². The summed E-state index contributed by atoms with van der Waals surface area (Å²) in [5.41, 5.74) is 1.26. The first kappa shape index (κ1) is 22.6. The van der Waals surface area contributed by atoms with E-state index in [9.17, 15) is 0 Å². The molecule has 1 saturated heterocycles. The Bertz CT molecular complexity index is 720. The highest BCUT2D eigenvalue weighted by atomic mass is 127. The second-order valence-corrected chi connectivity index (χ2v) is 6.78. The topological polar surface area (TPSA) is 76.4 Å². The first-order chi connectivity index (χ1) is 13.3. The van der Waals surface area contributed by atoms with E-state index in [1.54, 1.807) is 13.4 Å². The van der Waals surface area contributed by atoms with E-state index in [0.717, 1.165) is 57.3 Å². The minimum absolute atomic E-state index is 0. The van der Waals surface area contributed by atoms with E-state index in [4.69, 9.17) is 4.74 Å². The van der Waals surface area contributed by atoms with Crippen LogP contribution in [0.4, 0.5) is 0 Å². The first-order valence-electron chi connectivity index (χ1n) is 9.79. The number of hydrogen-bond acceptors (Lipinski definition) is 4. The highest BCUT2D eigenvalue weighted by molar-refractivity contribution is 14.0. The van der Waals surface area contributed by atoms with Crippen LogP contribution in [0.3, 0.4) is 0 Å². The molecule has 1 aromatic carbocycles. The molecule has 2 aromatic rings. The molecule has 0 spiro atoms. The monoisotopic (exact) mass is 498 g/mol. The van der Waals surface area contributed by atoms with Gasteiger partial charge in [0.2, 0.25) is 0 Å². The summed E-state index contributed by atoms with van der Waals surface area (Å²) in [5.74, 6) is 2.26. The SMILES string of the molecule is CCc1nncn1CCNC(=NC)NCC1CCCOC1c1ccccc1.I. The Hall–Kier alpha value is -1.68. The van der Waals surface area contributed by atoms with Crippen molar-refractivity contribution in [2.24, 2.45) is 10.9 Å². The normalized spacial score (nSPS) is 19.7. The maximum absolute atomic E-state index is 6.08. The number of aliphatic imine (C=N–C) groups is 1. The van der Waals surface area contributed by atoms with Gasteiger partial charge in [-0.1, -0.05) is 37.3 Å². The van der Waals surface area contributed by atoms with Gasteiger partial charge in [-0.25, -0.2) is 0 Å². The molecule has 2 unspecified atom stereocenters. The van der Waals surface area contributed by atoms with Crippen LogP contribution >= 0.6 is 24.0 Å². The molecular formula is C20H31IN6O. The molecule has 0 amide bonds. The molecule has 7 nitrogen and oxygen atoms in total. The molecule has 1 aliphatic rings. The Balaban J connectivity index is 0.00000280. The smallest absolute Gasteiger partial charge is 0.191 e. The number of nitrogens with one attached hydrogen (secondary N) is 2. The second-order valence-electron chi connectivity index (χ2n) is 6.78. The van der Waals surface area contributed by atoms with Crippen molar-refractivity contribution < 1.29 is 4.74 Å².